The first-order chi connectivity index (χ1) is 8.08. The summed E-state index contributed by atoms with van der Waals surface area (Å²) in [6, 6.07) is 4.48. The van der Waals surface area contributed by atoms with Crippen LogP contribution in [0.5, 0.6) is 5.75 Å². The number of carbonyl (C=O) groups is 1. The predicted octanol–water partition coefficient (Wildman–Crippen LogP) is -1.89. The van der Waals surface area contributed by atoms with Crippen LogP contribution >= 0.6 is 0 Å². The number of amides is 1. The van der Waals surface area contributed by atoms with Crippen molar-refractivity contribution in [3.63, 3.8) is 0 Å². The number of hydrogen-bond donors (Lipinski definition) is 2. The van der Waals surface area contributed by atoms with Gasteiger partial charge in [0.2, 0.25) is 0 Å². The first kappa shape index (κ1) is 24.1. The van der Waals surface area contributed by atoms with Gasteiger partial charge in [0.1, 0.15) is 11.8 Å². The van der Waals surface area contributed by atoms with E-state index in [9.17, 15) is 9.59 Å². The molecule has 0 aliphatic carbocycles. The topological polar surface area (TPSA) is 75.6 Å². The maximum atomic E-state index is 10.9. The summed E-state index contributed by atoms with van der Waals surface area (Å²) in [6.45, 7) is 1.90. The number of aliphatic carboxylic acids is 1. The molecule has 1 aromatic rings. The fourth-order valence-electron chi connectivity index (χ4n) is 1.56. The molecule has 112 valence electrons. The molecule has 0 aliphatic rings. The Kier molecular flexibility index (Phi) is 14.2. The summed E-state index contributed by atoms with van der Waals surface area (Å²) < 4.78 is 5.14. The third-order valence-electron chi connectivity index (χ3n) is 2.39. The van der Waals surface area contributed by atoms with E-state index in [2.05, 4.69) is 5.32 Å². The maximum absolute atomic E-state index is 10.9. The Hall–Kier alpha value is -0.988. The number of carbonyl (C=O) groups excluding carboxylic acids is 1. The zero-order valence-corrected chi connectivity index (χ0v) is 20.7. The first-order valence-electron chi connectivity index (χ1n) is 5.07. The van der Waals surface area contributed by atoms with Crippen molar-refractivity contribution < 1.29 is 88.3 Å². The molecule has 0 saturated carbocycles. The quantitative estimate of drug-likeness (QED) is 0.282. The molecule has 2 N–H and O–H groups in total. The van der Waals surface area contributed by atoms with Crippen molar-refractivity contribution in [2.45, 2.75) is 19.4 Å². The van der Waals surface area contributed by atoms with Gasteiger partial charge in [-0.05, 0) is 18.6 Å². The van der Waals surface area contributed by atoms with E-state index in [1.54, 1.807) is 6.07 Å². The number of aryl methyl sites for hydroxylation is 1. The number of benzene rings is 1. The minimum absolute atomic E-state index is 0. The fraction of sp³-hybridized carbons (Fsp3) is 0.308. The van der Waals surface area contributed by atoms with Gasteiger partial charge < -0.3 is 27.4 Å². The maximum Gasteiger partial charge on any atom is 1.00 e. The third-order valence-corrected chi connectivity index (χ3v) is 2.39. The van der Waals surface area contributed by atoms with Crippen molar-refractivity contribution in [1.29, 1.82) is 0 Å². The second kappa shape index (κ2) is 11.8. The number of methoxy groups -OCH3 is 1. The van der Waals surface area contributed by atoms with Gasteiger partial charge in [0.15, 0.2) is 0 Å². The van der Waals surface area contributed by atoms with Gasteiger partial charge in [0.25, 0.3) is 0 Å². The van der Waals surface area contributed by atoms with E-state index in [0.29, 0.717) is 5.75 Å². The minimum atomic E-state index is -1.10. The summed E-state index contributed by atoms with van der Waals surface area (Å²) >= 11 is 0. The normalized spacial score (nSPS) is 9.90. The zero-order chi connectivity index (χ0) is 12.8. The van der Waals surface area contributed by atoms with Crippen LogP contribution in [0, 0.1) is 14.4 Å². The molecule has 1 amide bonds. The second-order valence-corrected chi connectivity index (χ2v) is 3.66. The molecular weight excluding hydrogens is 624 g/mol. The predicted molar refractivity (Wildman–Crippen MR) is 68.1 cm³/mol. The Morgan fingerprint density at radius 3 is 2.55 bits per heavy atom. The largest absolute Gasteiger partial charge is 1.00 e. The van der Waals surface area contributed by atoms with Crippen LogP contribution in [-0.4, -0.2) is 30.6 Å². The fourth-order valence-corrected chi connectivity index (χ4v) is 1.56. The summed E-state index contributed by atoms with van der Waals surface area (Å²) in [7, 11) is 1.52. The Labute approximate surface area is 172 Å². The molecule has 0 spiro atoms. The number of hydrogen-bond acceptors (Lipinski definition) is 3. The van der Waals surface area contributed by atoms with Gasteiger partial charge in [-0.2, -0.15) is 6.41 Å². The molecule has 0 aromatic heterocycles. The Morgan fingerprint density at radius 2 is 2.10 bits per heavy atom. The molecule has 0 aliphatic heterocycles. The number of nitrogens with one attached hydrogen (secondary N) is 1. The molecule has 0 fully saturated rings. The smallest absolute Gasteiger partial charge is 0.520 e. The Bertz CT molecular complexity index is 429. The summed E-state index contributed by atoms with van der Waals surface area (Å²) in [4.78, 5) is 21.1. The molecule has 1 atom stereocenters. The average molecular weight is 641 g/mol. The van der Waals surface area contributed by atoms with Crippen LogP contribution in [0.4, 0.5) is 0 Å². The van der Waals surface area contributed by atoms with Crippen LogP contribution in [0.25, 0.3) is 0 Å². The van der Waals surface area contributed by atoms with Gasteiger partial charge in [0, 0.05) is 6.42 Å². The van der Waals surface area contributed by atoms with Crippen molar-refractivity contribution >= 4 is 12.4 Å². The zero-order valence-electron chi connectivity index (χ0n) is 12.0. The van der Waals surface area contributed by atoms with Gasteiger partial charge >= 0.3 is 74.9 Å². The molecule has 1 rings (SSSR count). The van der Waals surface area contributed by atoms with Crippen LogP contribution in [0.2, 0.25) is 0 Å². The van der Waals surface area contributed by atoms with Gasteiger partial charge in [0.05, 0.1) is 7.11 Å². The average Bonchev–Trinajstić information content (AvgIpc) is 2.28. The van der Waals surface area contributed by atoms with Crippen LogP contribution in [-0.2, 0) is 16.0 Å². The van der Waals surface area contributed by atoms with Crippen LogP contribution in [0.15, 0.2) is 18.2 Å². The van der Waals surface area contributed by atoms with Crippen molar-refractivity contribution in [1.82, 2.24) is 5.32 Å². The summed E-state index contributed by atoms with van der Waals surface area (Å²) in [5.41, 5.74) is 1.74. The van der Waals surface area contributed by atoms with E-state index < -0.39 is 12.0 Å². The number of rotatable bonds is 6. The van der Waals surface area contributed by atoms with Crippen molar-refractivity contribution in [2.24, 2.45) is 0 Å². The van der Waals surface area contributed by atoms with E-state index in [1.807, 2.05) is 19.1 Å². The van der Waals surface area contributed by atoms with Crippen molar-refractivity contribution in [3.05, 3.63) is 36.8 Å². The van der Waals surface area contributed by atoms with Crippen molar-refractivity contribution in [3.8, 4) is 5.75 Å². The molecule has 7 heteroatoms. The second-order valence-electron chi connectivity index (χ2n) is 3.66. The van der Waals surface area contributed by atoms with E-state index >= 15 is 0 Å². The van der Waals surface area contributed by atoms with Crippen LogP contribution < -0.4 is 78.9 Å². The molecule has 1 unspecified atom stereocenters. The molecule has 0 heterocycles. The molecule has 0 saturated heterocycles. The van der Waals surface area contributed by atoms with Crippen LogP contribution in [0.3, 0.4) is 0 Å². The van der Waals surface area contributed by atoms with Crippen molar-refractivity contribution in [2.75, 3.05) is 7.11 Å². The molecule has 0 bridgehead atoms. The van der Waals surface area contributed by atoms with Gasteiger partial charge in [-0.15, -0.1) is 0 Å². The summed E-state index contributed by atoms with van der Waals surface area (Å²) in [5, 5.41) is 11.1. The summed E-state index contributed by atoms with van der Waals surface area (Å²) in [5.74, 6) is -0.494. The van der Waals surface area contributed by atoms with E-state index in [1.165, 1.54) is 13.5 Å². The van der Waals surface area contributed by atoms with Crippen LogP contribution in [0.1, 0.15) is 11.1 Å². The van der Waals surface area contributed by atoms with Gasteiger partial charge in [-0.25, -0.2) is 0 Å². The Balaban J connectivity index is -0.000000963. The molecule has 20 heavy (non-hydrogen) atoms. The third kappa shape index (κ3) is 6.97. The number of ether oxygens (including phenoxy) is 1. The van der Waals surface area contributed by atoms with E-state index in [-0.39, 0.29) is 82.7 Å². The van der Waals surface area contributed by atoms with Gasteiger partial charge in [-0.3, -0.25) is 4.79 Å². The number of carboxylic acid groups (broad SMARTS) is 1. The summed E-state index contributed by atoms with van der Waals surface area (Å²) in [6.07, 6.45) is 1.56. The Morgan fingerprint density at radius 1 is 1.50 bits per heavy atom. The SMILES string of the molecule is COc1ccc(C)cc1CC(N[C-]=O)C(=O)O.[CH3-].[Cs+].[Fm]. The molecule has 5 nitrogen and oxygen atoms in total. The molecular formula is C13H17CsFmNO4-. The standard InChI is InChI=1S/C12H14NO4.CH3.Cs.Fm/c1-8-3-4-11(17-2)9(5-8)6-10(12(15)16)13-7-14;;;/h3-5,10H,6H2,1-2H3,(H,13,14)(H,15,16);1H3;;/q2*-1;+1;. The van der Waals surface area contributed by atoms with Gasteiger partial charge in [-0.1, -0.05) is 17.7 Å². The monoisotopic (exact) mass is 641 g/mol. The molecule has 1 aromatic carbocycles. The minimum Gasteiger partial charge on any atom is -0.520 e. The van der Waals surface area contributed by atoms with E-state index in [4.69, 9.17) is 9.84 Å². The first-order valence-corrected chi connectivity index (χ1v) is 5.07. The number of carboxylic acids is 1. The van der Waals surface area contributed by atoms with E-state index in [0.717, 1.165) is 11.1 Å². The molecule has 0 radical (unpaired) electrons.